The third-order valence-electron chi connectivity index (χ3n) is 3.43. The third kappa shape index (κ3) is 3.78. The highest BCUT2D eigenvalue weighted by molar-refractivity contribution is 9.10. The molecule has 1 aromatic heterocycles. The van der Waals surface area contributed by atoms with Crippen LogP contribution in [-0.2, 0) is 11.3 Å². The van der Waals surface area contributed by atoms with E-state index in [2.05, 4.69) is 26.2 Å². The summed E-state index contributed by atoms with van der Waals surface area (Å²) in [6.45, 7) is 0.787. The molecule has 0 bridgehead atoms. The van der Waals surface area contributed by atoms with Gasteiger partial charge in [-0.1, -0.05) is 0 Å². The summed E-state index contributed by atoms with van der Waals surface area (Å²) < 4.78 is 0.983. The maximum Gasteiger partial charge on any atom is 0.306 e. The van der Waals surface area contributed by atoms with E-state index >= 15 is 0 Å². The molecule has 5 heteroatoms. The number of nitrogens with zero attached hydrogens (tertiary/aromatic N) is 1. The summed E-state index contributed by atoms with van der Waals surface area (Å²) >= 11 is 3.40. The van der Waals surface area contributed by atoms with Gasteiger partial charge < -0.3 is 10.4 Å². The van der Waals surface area contributed by atoms with Crippen molar-refractivity contribution in [2.75, 3.05) is 0 Å². The van der Waals surface area contributed by atoms with Gasteiger partial charge in [0.15, 0.2) is 0 Å². The minimum atomic E-state index is -0.648. The molecule has 0 aliphatic heterocycles. The number of hydrogen-bond donors (Lipinski definition) is 2. The lowest BCUT2D eigenvalue weighted by molar-refractivity contribution is -0.142. The lowest BCUT2D eigenvalue weighted by Crippen LogP contribution is -2.34. The minimum absolute atomic E-state index is 0.143. The first-order chi connectivity index (χ1) is 8.65. The highest BCUT2D eigenvalue weighted by atomic mass is 79.9. The Morgan fingerprint density at radius 1 is 1.39 bits per heavy atom. The number of pyridine rings is 1. The zero-order valence-corrected chi connectivity index (χ0v) is 11.7. The van der Waals surface area contributed by atoms with Gasteiger partial charge in [-0.15, -0.1) is 0 Å². The molecule has 18 heavy (non-hydrogen) atoms. The van der Waals surface area contributed by atoms with Crippen molar-refractivity contribution in [3.63, 3.8) is 0 Å². The van der Waals surface area contributed by atoms with Crippen molar-refractivity contribution in [3.05, 3.63) is 28.5 Å². The zero-order valence-electron chi connectivity index (χ0n) is 10.1. The van der Waals surface area contributed by atoms with Gasteiger partial charge in [0.05, 0.1) is 5.92 Å². The quantitative estimate of drug-likeness (QED) is 0.897. The Bertz CT molecular complexity index is 417. The maximum absolute atomic E-state index is 10.8. The molecule has 1 aliphatic rings. The number of carbonyl (C=O) groups is 1. The van der Waals surface area contributed by atoms with Gasteiger partial charge in [-0.25, -0.2) is 0 Å². The van der Waals surface area contributed by atoms with E-state index in [1.165, 1.54) is 0 Å². The first kappa shape index (κ1) is 13.5. The molecule has 2 rings (SSSR count). The number of carboxylic acid groups (broad SMARTS) is 1. The molecule has 0 atom stereocenters. The summed E-state index contributed by atoms with van der Waals surface area (Å²) in [6.07, 6.45) is 7.06. The Balaban J connectivity index is 1.77. The second kappa shape index (κ2) is 6.29. The van der Waals surface area contributed by atoms with Crippen LogP contribution in [0.3, 0.4) is 0 Å². The van der Waals surface area contributed by atoms with Crippen molar-refractivity contribution in [1.82, 2.24) is 10.3 Å². The average molecular weight is 313 g/mol. The van der Waals surface area contributed by atoms with Crippen molar-refractivity contribution in [2.45, 2.75) is 38.3 Å². The van der Waals surface area contributed by atoms with E-state index in [1.54, 1.807) is 6.20 Å². The van der Waals surface area contributed by atoms with E-state index in [0.717, 1.165) is 42.3 Å². The van der Waals surface area contributed by atoms with Gasteiger partial charge in [0, 0.05) is 29.5 Å². The monoisotopic (exact) mass is 312 g/mol. The summed E-state index contributed by atoms with van der Waals surface area (Å²) in [5, 5.41) is 12.4. The van der Waals surface area contributed by atoms with Gasteiger partial charge in [-0.05, 0) is 53.2 Å². The van der Waals surface area contributed by atoms with Gasteiger partial charge in [0.2, 0.25) is 0 Å². The molecule has 0 radical (unpaired) electrons. The Morgan fingerprint density at radius 2 is 2.11 bits per heavy atom. The van der Waals surface area contributed by atoms with Crippen molar-refractivity contribution in [3.8, 4) is 0 Å². The molecule has 0 spiro atoms. The summed E-state index contributed by atoms with van der Waals surface area (Å²) in [4.78, 5) is 15.0. The van der Waals surface area contributed by atoms with Crippen molar-refractivity contribution in [1.29, 1.82) is 0 Å². The van der Waals surface area contributed by atoms with E-state index in [4.69, 9.17) is 5.11 Å². The van der Waals surface area contributed by atoms with Crippen LogP contribution in [0.5, 0.6) is 0 Å². The summed E-state index contributed by atoms with van der Waals surface area (Å²) in [5.41, 5.74) is 1.14. The number of aliphatic carboxylic acids is 1. The molecule has 1 aromatic rings. The average Bonchev–Trinajstić information content (AvgIpc) is 2.37. The number of nitrogens with one attached hydrogen (secondary N) is 1. The van der Waals surface area contributed by atoms with Crippen molar-refractivity contribution in [2.24, 2.45) is 5.92 Å². The normalized spacial score (nSPS) is 23.8. The molecule has 0 saturated heterocycles. The summed E-state index contributed by atoms with van der Waals surface area (Å²) in [6, 6.07) is 2.47. The fourth-order valence-electron chi connectivity index (χ4n) is 2.36. The van der Waals surface area contributed by atoms with E-state index in [-0.39, 0.29) is 5.92 Å². The van der Waals surface area contributed by atoms with Crippen LogP contribution in [0, 0.1) is 5.92 Å². The highest BCUT2D eigenvalue weighted by Gasteiger charge is 2.25. The molecular weight excluding hydrogens is 296 g/mol. The third-order valence-corrected chi connectivity index (χ3v) is 3.87. The molecule has 1 heterocycles. The largest absolute Gasteiger partial charge is 0.481 e. The van der Waals surface area contributed by atoms with Crippen LogP contribution in [-0.4, -0.2) is 22.1 Å². The Morgan fingerprint density at radius 3 is 2.72 bits per heavy atom. The number of rotatable bonds is 4. The van der Waals surface area contributed by atoms with Gasteiger partial charge in [0.1, 0.15) is 0 Å². The smallest absolute Gasteiger partial charge is 0.306 e. The molecule has 4 nitrogen and oxygen atoms in total. The highest BCUT2D eigenvalue weighted by Crippen LogP contribution is 2.24. The number of carboxylic acids is 1. The number of halogens is 1. The second-order valence-corrected chi connectivity index (χ2v) is 5.69. The Labute approximate surface area is 115 Å². The molecule has 98 valence electrons. The van der Waals surface area contributed by atoms with Crippen molar-refractivity contribution < 1.29 is 9.90 Å². The van der Waals surface area contributed by atoms with Crippen molar-refractivity contribution >= 4 is 21.9 Å². The molecule has 1 aliphatic carbocycles. The topological polar surface area (TPSA) is 62.2 Å². The molecule has 1 fully saturated rings. The second-order valence-electron chi connectivity index (χ2n) is 4.78. The minimum Gasteiger partial charge on any atom is -0.481 e. The summed E-state index contributed by atoms with van der Waals surface area (Å²) in [7, 11) is 0. The number of aromatic nitrogens is 1. The first-order valence-electron chi connectivity index (χ1n) is 6.21. The fourth-order valence-corrected chi connectivity index (χ4v) is 2.77. The molecule has 1 saturated carbocycles. The lowest BCUT2D eigenvalue weighted by Gasteiger charge is -2.26. The molecule has 2 N–H and O–H groups in total. The van der Waals surface area contributed by atoms with Crippen LogP contribution < -0.4 is 5.32 Å². The predicted octanol–water partition coefficient (Wildman–Crippen LogP) is 2.58. The van der Waals surface area contributed by atoms with Gasteiger partial charge in [-0.2, -0.15) is 0 Å². The Kier molecular flexibility index (Phi) is 4.72. The van der Waals surface area contributed by atoms with Crippen LogP contribution in [0.15, 0.2) is 22.9 Å². The van der Waals surface area contributed by atoms with E-state index in [9.17, 15) is 4.79 Å². The fraction of sp³-hybridized carbons (Fsp3) is 0.538. The SMILES string of the molecule is O=C(O)C1CCC(NCc2cncc(Br)c2)CC1. The van der Waals surface area contributed by atoms with Crippen LogP contribution in [0.2, 0.25) is 0 Å². The van der Waals surface area contributed by atoms with E-state index < -0.39 is 5.97 Å². The molecule has 0 amide bonds. The molecule has 0 unspecified atom stereocenters. The van der Waals surface area contributed by atoms with Gasteiger partial charge >= 0.3 is 5.97 Å². The predicted molar refractivity (Wildman–Crippen MR) is 72.2 cm³/mol. The van der Waals surface area contributed by atoms with Crippen LogP contribution in [0.4, 0.5) is 0 Å². The van der Waals surface area contributed by atoms with Gasteiger partial charge in [-0.3, -0.25) is 9.78 Å². The Hall–Kier alpha value is -0.940. The van der Waals surface area contributed by atoms with Crippen LogP contribution in [0.25, 0.3) is 0 Å². The maximum atomic E-state index is 10.8. The zero-order chi connectivity index (χ0) is 13.0. The molecular formula is C13H17BrN2O2. The van der Waals surface area contributed by atoms with Crippen LogP contribution >= 0.6 is 15.9 Å². The lowest BCUT2D eigenvalue weighted by atomic mass is 9.86. The first-order valence-corrected chi connectivity index (χ1v) is 7.00. The number of hydrogen-bond acceptors (Lipinski definition) is 3. The van der Waals surface area contributed by atoms with Crippen LogP contribution in [0.1, 0.15) is 31.2 Å². The standard InChI is InChI=1S/C13H17BrN2O2/c14-11-5-9(6-15-8-11)7-16-12-3-1-10(2-4-12)13(17)18/h5-6,8,10,12,16H,1-4,7H2,(H,17,18). The summed E-state index contributed by atoms with van der Waals surface area (Å²) in [5.74, 6) is -0.791. The molecule has 0 aromatic carbocycles. The van der Waals surface area contributed by atoms with E-state index in [1.807, 2.05) is 12.3 Å². The van der Waals surface area contributed by atoms with Gasteiger partial charge in [0.25, 0.3) is 0 Å². The van der Waals surface area contributed by atoms with E-state index in [0.29, 0.717) is 6.04 Å².